The van der Waals surface area contributed by atoms with Crippen molar-refractivity contribution in [2.75, 3.05) is 13.2 Å². The van der Waals surface area contributed by atoms with E-state index in [0.29, 0.717) is 26.1 Å². The van der Waals surface area contributed by atoms with Gasteiger partial charge in [0, 0.05) is 12.8 Å². The molecule has 0 aromatic carbocycles. The van der Waals surface area contributed by atoms with E-state index in [1.54, 1.807) is 0 Å². The smallest absolute Gasteiger partial charge is 0.305 e. The third-order valence-electron chi connectivity index (χ3n) is 5.69. The zero-order valence-corrected chi connectivity index (χ0v) is 21.3. The quantitative estimate of drug-likeness (QED) is 0.0837. The molecule has 0 amide bonds. The fourth-order valence-electron chi connectivity index (χ4n) is 3.52. The van der Waals surface area contributed by atoms with Gasteiger partial charge in [0.15, 0.2) is 0 Å². The fraction of sp³-hybridized carbons (Fsp3) is 0.857. The van der Waals surface area contributed by atoms with Crippen molar-refractivity contribution in [3.63, 3.8) is 0 Å². The highest BCUT2D eigenvalue weighted by atomic mass is 16.5. The van der Waals surface area contributed by atoms with Gasteiger partial charge in [0.2, 0.25) is 0 Å². The van der Waals surface area contributed by atoms with Crippen LogP contribution in [0.25, 0.3) is 0 Å². The Hall–Kier alpha value is -1.32. The first kappa shape index (κ1) is 30.7. The number of rotatable bonds is 24. The minimum atomic E-state index is -0.0396. The maximum Gasteiger partial charge on any atom is 0.305 e. The van der Waals surface area contributed by atoms with E-state index in [0.717, 1.165) is 57.8 Å². The van der Waals surface area contributed by atoms with Crippen molar-refractivity contribution >= 4 is 11.9 Å². The zero-order valence-electron chi connectivity index (χ0n) is 21.3. The molecule has 0 fully saturated rings. The summed E-state index contributed by atoms with van der Waals surface area (Å²) in [6.07, 6.45) is 26.7. The predicted molar refractivity (Wildman–Crippen MR) is 135 cm³/mol. The summed E-state index contributed by atoms with van der Waals surface area (Å²) in [6, 6.07) is 0. The van der Waals surface area contributed by atoms with Crippen LogP contribution in [0.5, 0.6) is 0 Å². The molecule has 0 aliphatic carbocycles. The lowest BCUT2D eigenvalue weighted by molar-refractivity contribution is -0.144. The highest BCUT2D eigenvalue weighted by Crippen LogP contribution is 2.13. The summed E-state index contributed by atoms with van der Waals surface area (Å²) in [5, 5.41) is 0. The van der Waals surface area contributed by atoms with Crippen LogP contribution in [0.15, 0.2) is 12.2 Å². The molecule has 0 saturated carbocycles. The Morgan fingerprint density at radius 1 is 0.500 bits per heavy atom. The third-order valence-corrected chi connectivity index (χ3v) is 5.69. The Morgan fingerprint density at radius 3 is 1.28 bits per heavy atom. The molecule has 0 spiro atoms. The standard InChI is InChI=1S/C28H52O4/c1-3-5-25-31-27(29)23-21-19-17-15-13-11-9-7-8-10-12-14-16-18-20-22-24-28(30)32-26-6-4-2/h13,15H,3-12,14,16-26H2,1-2H3/b15-13+. The van der Waals surface area contributed by atoms with Crippen molar-refractivity contribution in [2.24, 2.45) is 0 Å². The van der Waals surface area contributed by atoms with Gasteiger partial charge in [0.05, 0.1) is 13.2 Å². The fourth-order valence-corrected chi connectivity index (χ4v) is 3.52. The molecule has 4 heteroatoms. The molecule has 0 bridgehead atoms. The van der Waals surface area contributed by atoms with Crippen molar-refractivity contribution in [1.29, 1.82) is 0 Å². The van der Waals surface area contributed by atoms with Crippen LogP contribution in [0.3, 0.4) is 0 Å². The summed E-state index contributed by atoms with van der Waals surface area (Å²) in [7, 11) is 0. The normalized spacial score (nSPS) is 11.2. The average Bonchev–Trinajstić information content (AvgIpc) is 2.78. The van der Waals surface area contributed by atoms with Crippen molar-refractivity contribution < 1.29 is 19.1 Å². The SMILES string of the molecule is CCCCOC(=O)CCCC/C=C/CCCCCCCCCCCCC(=O)OCCCC. The molecule has 0 N–H and O–H groups in total. The van der Waals surface area contributed by atoms with Gasteiger partial charge in [-0.25, -0.2) is 0 Å². The van der Waals surface area contributed by atoms with E-state index in [-0.39, 0.29) is 11.9 Å². The number of hydrogen-bond acceptors (Lipinski definition) is 4. The molecule has 0 aromatic heterocycles. The topological polar surface area (TPSA) is 52.6 Å². The Morgan fingerprint density at radius 2 is 0.844 bits per heavy atom. The van der Waals surface area contributed by atoms with Crippen molar-refractivity contribution in [3.8, 4) is 0 Å². The Labute approximate surface area is 198 Å². The largest absolute Gasteiger partial charge is 0.466 e. The number of carbonyl (C=O) groups excluding carboxylic acids is 2. The van der Waals surface area contributed by atoms with Crippen LogP contribution in [-0.4, -0.2) is 25.2 Å². The van der Waals surface area contributed by atoms with Crippen LogP contribution in [0.1, 0.15) is 142 Å². The number of carbonyl (C=O) groups is 2. The van der Waals surface area contributed by atoms with Gasteiger partial charge in [-0.2, -0.15) is 0 Å². The molecule has 0 radical (unpaired) electrons. The van der Waals surface area contributed by atoms with E-state index in [1.807, 2.05) is 0 Å². The van der Waals surface area contributed by atoms with Gasteiger partial charge in [-0.05, 0) is 51.4 Å². The minimum Gasteiger partial charge on any atom is -0.466 e. The van der Waals surface area contributed by atoms with Gasteiger partial charge < -0.3 is 9.47 Å². The van der Waals surface area contributed by atoms with Crippen molar-refractivity contribution in [3.05, 3.63) is 12.2 Å². The van der Waals surface area contributed by atoms with Crippen molar-refractivity contribution in [1.82, 2.24) is 0 Å². The summed E-state index contributed by atoms with van der Waals surface area (Å²) in [4.78, 5) is 23.0. The van der Waals surface area contributed by atoms with Gasteiger partial charge in [0.25, 0.3) is 0 Å². The maximum atomic E-state index is 11.5. The summed E-state index contributed by atoms with van der Waals surface area (Å²) in [5.74, 6) is -0.0600. The second-order valence-electron chi connectivity index (χ2n) is 8.94. The lowest BCUT2D eigenvalue weighted by Gasteiger charge is -2.04. The number of ether oxygens (including phenoxy) is 2. The van der Waals surface area contributed by atoms with Crippen LogP contribution in [0.4, 0.5) is 0 Å². The molecule has 188 valence electrons. The molecule has 0 saturated heterocycles. The van der Waals surface area contributed by atoms with Crippen molar-refractivity contribution in [2.45, 2.75) is 142 Å². The summed E-state index contributed by atoms with van der Waals surface area (Å²) >= 11 is 0. The Balaban J connectivity index is 3.21. The van der Waals surface area contributed by atoms with E-state index in [2.05, 4.69) is 26.0 Å². The second-order valence-corrected chi connectivity index (χ2v) is 8.94. The molecular formula is C28H52O4. The summed E-state index contributed by atoms with van der Waals surface area (Å²) in [5.41, 5.74) is 0. The van der Waals surface area contributed by atoms with Gasteiger partial charge in [-0.1, -0.05) is 90.2 Å². The van der Waals surface area contributed by atoms with Crippen LogP contribution >= 0.6 is 0 Å². The summed E-state index contributed by atoms with van der Waals surface area (Å²) < 4.78 is 10.3. The van der Waals surface area contributed by atoms with E-state index in [4.69, 9.17) is 9.47 Å². The highest BCUT2D eigenvalue weighted by molar-refractivity contribution is 5.69. The van der Waals surface area contributed by atoms with Gasteiger partial charge in [-0.3, -0.25) is 9.59 Å². The molecule has 0 heterocycles. The molecule has 0 aliphatic heterocycles. The zero-order chi connectivity index (χ0) is 23.5. The van der Waals surface area contributed by atoms with Gasteiger partial charge in [-0.15, -0.1) is 0 Å². The molecule has 0 aromatic rings. The van der Waals surface area contributed by atoms with Gasteiger partial charge >= 0.3 is 11.9 Å². The highest BCUT2D eigenvalue weighted by Gasteiger charge is 2.02. The number of allylic oxidation sites excluding steroid dienone is 2. The third kappa shape index (κ3) is 24.9. The van der Waals surface area contributed by atoms with E-state index in [1.165, 1.54) is 57.8 Å². The lowest BCUT2D eigenvalue weighted by Crippen LogP contribution is -2.05. The molecule has 0 rings (SSSR count). The number of esters is 2. The summed E-state index contributed by atoms with van der Waals surface area (Å²) in [6.45, 7) is 5.37. The lowest BCUT2D eigenvalue weighted by atomic mass is 10.0. The van der Waals surface area contributed by atoms with Gasteiger partial charge in [0.1, 0.15) is 0 Å². The first-order chi connectivity index (χ1) is 15.7. The van der Waals surface area contributed by atoms with E-state index < -0.39 is 0 Å². The Bertz CT molecular complexity index is 445. The van der Waals surface area contributed by atoms with Crippen LogP contribution < -0.4 is 0 Å². The molecule has 0 unspecified atom stereocenters. The maximum absolute atomic E-state index is 11.5. The molecule has 4 nitrogen and oxygen atoms in total. The number of hydrogen-bond donors (Lipinski definition) is 0. The number of unbranched alkanes of at least 4 members (excludes halogenated alkanes) is 14. The second kappa shape index (κ2) is 25.9. The Kier molecular flexibility index (Phi) is 24.9. The minimum absolute atomic E-state index is 0.0203. The molecule has 0 atom stereocenters. The first-order valence-electron chi connectivity index (χ1n) is 13.7. The molecular weight excluding hydrogens is 400 g/mol. The van der Waals surface area contributed by atoms with Crippen LogP contribution in [0.2, 0.25) is 0 Å². The van der Waals surface area contributed by atoms with E-state index in [9.17, 15) is 9.59 Å². The molecule has 32 heavy (non-hydrogen) atoms. The average molecular weight is 453 g/mol. The van der Waals surface area contributed by atoms with E-state index >= 15 is 0 Å². The van der Waals surface area contributed by atoms with Crippen LogP contribution in [-0.2, 0) is 19.1 Å². The first-order valence-corrected chi connectivity index (χ1v) is 13.7. The monoisotopic (exact) mass is 452 g/mol. The molecule has 0 aliphatic rings. The predicted octanol–water partition coefficient (Wildman–Crippen LogP) is 8.47. The van der Waals surface area contributed by atoms with Crippen LogP contribution in [0, 0.1) is 0 Å².